The minimum Gasteiger partial charge on any atom is -0.378 e. The van der Waals surface area contributed by atoms with E-state index in [4.69, 9.17) is 4.74 Å². The van der Waals surface area contributed by atoms with Crippen molar-refractivity contribution < 1.29 is 9.13 Å². The van der Waals surface area contributed by atoms with Gasteiger partial charge in [-0.05, 0) is 30.5 Å². The molecule has 2 aliphatic heterocycles. The molecule has 11 heteroatoms. The number of hydrogen-bond acceptors (Lipinski definition) is 9. The Morgan fingerprint density at radius 1 is 1.10 bits per heavy atom. The number of anilines is 2. The van der Waals surface area contributed by atoms with Crippen LogP contribution in [-0.4, -0.2) is 84.4 Å². The van der Waals surface area contributed by atoms with Gasteiger partial charge in [-0.1, -0.05) is 19.9 Å². The van der Waals surface area contributed by atoms with Crippen molar-refractivity contribution >= 4 is 22.8 Å². The van der Waals surface area contributed by atoms with Gasteiger partial charge in [0.15, 0.2) is 11.5 Å². The highest BCUT2D eigenvalue weighted by atomic mass is 19.1. The smallest absolute Gasteiger partial charge is 0.229 e. The van der Waals surface area contributed by atoms with E-state index in [9.17, 15) is 4.39 Å². The van der Waals surface area contributed by atoms with Crippen molar-refractivity contribution in [1.29, 1.82) is 0 Å². The van der Waals surface area contributed by atoms with Gasteiger partial charge >= 0.3 is 0 Å². The maximum atomic E-state index is 14.8. The highest BCUT2D eigenvalue weighted by Gasteiger charge is 2.32. The summed E-state index contributed by atoms with van der Waals surface area (Å²) in [6.45, 7) is 12.2. The molecule has 0 aliphatic carbocycles. The lowest BCUT2D eigenvalue weighted by atomic mass is 10.1. The van der Waals surface area contributed by atoms with Crippen molar-refractivity contribution in [3.05, 3.63) is 53.9 Å². The van der Waals surface area contributed by atoms with Crippen LogP contribution in [0, 0.1) is 5.82 Å². The minimum absolute atomic E-state index is 0.179. The van der Waals surface area contributed by atoms with E-state index in [1.165, 1.54) is 6.20 Å². The molecule has 0 spiro atoms. The van der Waals surface area contributed by atoms with E-state index in [2.05, 4.69) is 67.0 Å². The van der Waals surface area contributed by atoms with Crippen molar-refractivity contribution in [2.45, 2.75) is 45.3 Å². The Hall–Kier alpha value is -3.54. The predicted octanol–water partition coefficient (Wildman–Crippen LogP) is 3.73. The molecule has 0 radical (unpaired) electrons. The number of ether oxygens (including phenoxy) is 1. The molecular weight excluding hydrogens is 497 g/mol. The largest absolute Gasteiger partial charge is 0.378 e. The third-order valence-corrected chi connectivity index (χ3v) is 7.68. The highest BCUT2D eigenvalue weighted by molar-refractivity contribution is 5.83. The second-order valence-electron chi connectivity index (χ2n) is 10.8. The maximum absolute atomic E-state index is 14.8. The quantitative estimate of drug-likeness (QED) is 0.383. The lowest BCUT2D eigenvalue weighted by molar-refractivity contribution is -0.0855. The molecule has 1 atom stereocenters. The summed E-state index contributed by atoms with van der Waals surface area (Å²) in [7, 11) is 1.90. The maximum Gasteiger partial charge on any atom is 0.229 e. The second-order valence-corrected chi connectivity index (χ2v) is 10.8. The molecule has 0 bridgehead atoms. The third-order valence-electron chi connectivity index (χ3n) is 7.68. The van der Waals surface area contributed by atoms with Crippen LogP contribution in [0.4, 0.5) is 16.2 Å². The first-order valence-corrected chi connectivity index (χ1v) is 13.5. The van der Waals surface area contributed by atoms with Gasteiger partial charge in [-0.3, -0.25) is 14.5 Å². The van der Waals surface area contributed by atoms with Gasteiger partial charge in [0.1, 0.15) is 11.5 Å². The lowest BCUT2D eigenvalue weighted by Gasteiger charge is -2.45. The van der Waals surface area contributed by atoms with E-state index in [0.29, 0.717) is 29.1 Å². The van der Waals surface area contributed by atoms with Gasteiger partial charge in [0.05, 0.1) is 31.1 Å². The van der Waals surface area contributed by atoms with Crippen molar-refractivity contribution in [3.8, 4) is 11.3 Å². The zero-order valence-electron chi connectivity index (χ0n) is 22.8. The number of piperazine rings is 1. The Labute approximate surface area is 227 Å². The molecular formula is C28H34FN9O. The first-order chi connectivity index (χ1) is 18.9. The van der Waals surface area contributed by atoms with Crippen LogP contribution in [0.1, 0.15) is 37.9 Å². The average Bonchev–Trinajstić information content (AvgIpc) is 3.22. The SMILES string of the molecule is CC(C)c1c2cc(-c3nc(Nc4ccc(CN5CCN(C6COC6)C[C@H]5C)cn4)ncc3F)cnc2nn1C. The monoisotopic (exact) mass is 531 g/mol. The second kappa shape index (κ2) is 10.6. The first kappa shape index (κ1) is 25.7. The summed E-state index contributed by atoms with van der Waals surface area (Å²) in [5.41, 5.74) is 3.57. The van der Waals surface area contributed by atoms with Gasteiger partial charge in [0.25, 0.3) is 0 Å². The van der Waals surface area contributed by atoms with E-state index >= 15 is 0 Å². The Morgan fingerprint density at radius 2 is 1.95 bits per heavy atom. The minimum atomic E-state index is -0.515. The predicted molar refractivity (Wildman–Crippen MR) is 147 cm³/mol. The number of nitrogens with one attached hydrogen (secondary N) is 1. The number of aryl methyl sites for hydroxylation is 1. The molecule has 0 amide bonds. The van der Waals surface area contributed by atoms with Crippen LogP contribution in [-0.2, 0) is 18.3 Å². The molecule has 0 aromatic carbocycles. The summed E-state index contributed by atoms with van der Waals surface area (Å²) < 4.78 is 22.0. The summed E-state index contributed by atoms with van der Waals surface area (Å²) in [5.74, 6) is 0.599. The van der Waals surface area contributed by atoms with E-state index in [0.717, 1.165) is 56.0 Å². The van der Waals surface area contributed by atoms with Crippen LogP contribution < -0.4 is 5.32 Å². The van der Waals surface area contributed by atoms with Crippen molar-refractivity contribution in [3.63, 3.8) is 0 Å². The number of hydrogen-bond donors (Lipinski definition) is 1. The van der Waals surface area contributed by atoms with Gasteiger partial charge in [-0.25, -0.2) is 24.3 Å². The van der Waals surface area contributed by atoms with Gasteiger partial charge in [0, 0.05) is 62.6 Å². The Balaban J connectivity index is 1.15. The fourth-order valence-electron chi connectivity index (χ4n) is 5.51. The molecule has 2 fully saturated rings. The lowest BCUT2D eigenvalue weighted by Crippen LogP contribution is -2.59. The standard InChI is InChI=1S/C28H34FN9O/c1-17(2)26-22-9-20(11-31-27(22)35-36(26)4)25-23(29)12-32-28(34-25)33-24-6-5-19(10-30-24)14-37-7-8-38(13-18(37)3)21-15-39-16-21/h5-6,9-12,17-18,21H,7-8,13-16H2,1-4H3,(H,30,32,33,34)/t18-/m1/s1. The highest BCUT2D eigenvalue weighted by Crippen LogP contribution is 2.29. The van der Waals surface area contributed by atoms with E-state index in [1.807, 2.05) is 30.1 Å². The Kier molecular flexibility index (Phi) is 6.96. The number of nitrogens with zero attached hydrogens (tertiary/aromatic N) is 8. The number of pyridine rings is 2. The molecule has 204 valence electrons. The number of rotatable bonds is 7. The summed E-state index contributed by atoms with van der Waals surface area (Å²) >= 11 is 0. The van der Waals surface area contributed by atoms with Crippen LogP contribution in [0.3, 0.4) is 0 Å². The van der Waals surface area contributed by atoms with Crippen molar-refractivity contribution in [2.75, 3.05) is 38.2 Å². The normalized spacial score (nSPS) is 19.1. The molecule has 4 aromatic rings. The number of aromatic nitrogens is 6. The number of halogens is 1. The summed E-state index contributed by atoms with van der Waals surface area (Å²) in [6.07, 6.45) is 4.65. The number of fused-ring (bicyclic) bond motifs is 1. The molecule has 0 unspecified atom stereocenters. The van der Waals surface area contributed by atoms with Crippen molar-refractivity contribution in [2.24, 2.45) is 7.05 Å². The summed E-state index contributed by atoms with van der Waals surface area (Å²) in [5, 5.41) is 8.48. The molecule has 2 saturated heterocycles. The van der Waals surface area contributed by atoms with Crippen LogP contribution in [0.15, 0.2) is 36.8 Å². The van der Waals surface area contributed by atoms with Crippen molar-refractivity contribution in [1.82, 2.24) is 39.5 Å². The fourth-order valence-corrected chi connectivity index (χ4v) is 5.51. The summed E-state index contributed by atoms with van der Waals surface area (Å²) in [6, 6.07) is 6.93. The van der Waals surface area contributed by atoms with Crippen LogP contribution in [0.2, 0.25) is 0 Å². The summed E-state index contributed by atoms with van der Waals surface area (Å²) in [4.78, 5) is 22.7. The van der Waals surface area contributed by atoms with Crippen LogP contribution >= 0.6 is 0 Å². The van der Waals surface area contributed by atoms with E-state index in [-0.39, 0.29) is 17.6 Å². The van der Waals surface area contributed by atoms with E-state index in [1.54, 1.807) is 6.20 Å². The van der Waals surface area contributed by atoms with Crippen LogP contribution in [0.5, 0.6) is 0 Å². The van der Waals surface area contributed by atoms with Gasteiger partial charge in [-0.15, -0.1) is 0 Å². The molecule has 4 aromatic heterocycles. The van der Waals surface area contributed by atoms with Gasteiger partial charge in [-0.2, -0.15) is 5.10 Å². The first-order valence-electron chi connectivity index (χ1n) is 13.5. The zero-order chi connectivity index (χ0) is 27.1. The molecule has 0 saturated carbocycles. The molecule has 6 rings (SSSR count). The third kappa shape index (κ3) is 5.21. The van der Waals surface area contributed by atoms with Crippen LogP contribution in [0.25, 0.3) is 22.3 Å². The molecule has 10 nitrogen and oxygen atoms in total. The Bertz CT molecular complexity index is 1470. The Morgan fingerprint density at radius 3 is 2.64 bits per heavy atom. The molecule has 6 heterocycles. The van der Waals surface area contributed by atoms with E-state index < -0.39 is 5.82 Å². The van der Waals surface area contributed by atoms with Gasteiger partial charge in [0.2, 0.25) is 5.95 Å². The molecule has 39 heavy (non-hydrogen) atoms. The molecule has 1 N–H and O–H groups in total. The van der Waals surface area contributed by atoms with Gasteiger partial charge < -0.3 is 10.1 Å². The topological polar surface area (TPSA) is 97.1 Å². The zero-order valence-corrected chi connectivity index (χ0v) is 22.8. The average molecular weight is 532 g/mol. The fraction of sp³-hybridized carbons (Fsp3) is 0.464. The molecule has 2 aliphatic rings.